The third-order valence-corrected chi connectivity index (χ3v) is 2.80. The molecule has 0 bridgehead atoms. The van der Waals surface area contributed by atoms with Gasteiger partial charge in [-0.1, -0.05) is 30.3 Å². The molecule has 2 unspecified atom stereocenters. The van der Waals surface area contributed by atoms with Crippen LogP contribution in [0.25, 0.3) is 0 Å². The first kappa shape index (κ1) is 12.5. The van der Waals surface area contributed by atoms with Gasteiger partial charge in [0.05, 0.1) is 38.6 Å². The molecule has 2 atom stereocenters. The molecule has 0 amide bonds. The van der Waals surface area contributed by atoms with Crippen LogP contribution in [-0.2, 0) is 16.1 Å². The third-order valence-electron chi connectivity index (χ3n) is 2.80. The van der Waals surface area contributed by atoms with Crippen molar-refractivity contribution in [3.05, 3.63) is 35.9 Å². The van der Waals surface area contributed by atoms with Crippen molar-refractivity contribution < 1.29 is 14.6 Å². The monoisotopic (exact) mass is 237 g/mol. The Morgan fingerprint density at radius 3 is 2.82 bits per heavy atom. The highest BCUT2D eigenvalue weighted by Gasteiger charge is 2.20. The van der Waals surface area contributed by atoms with Crippen LogP contribution in [0.2, 0.25) is 0 Å². The molecule has 17 heavy (non-hydrogen) atoms. The second-order valence-corrected chi connectivity index (χ2v) is 4.24. The van der Waals surface area contributed by atoms with E-state index in [9.17, 15) is 0 Å². The lowest BCUT2D eigenvalue weighted by Gasteiger charge is -2.29. The summed E-state index contributed by atoms with van der Waals surface area (Å²) in [6.07, 6.45) is -0.0691. The van der Waals surface area contributed by atoms with Crippen molar-refractivity contribution in [1.82, 2.24) is 5.32 Å². The van der Waals surface area contributed by atoms with Gasteiger partial charge in [0.15, 0.2) is 0 Å². The quantitative estimate of drug-likeness (QED) is 0.785. The average molecular weight is 237 g/mol. The Balaban J connectivity index is 1.63. The standard InChI is InChI=1S/C13H19NO3/c15-7-13-6-14-12(10-17-13)9-16-8-11-4-2-1-3-5-11/h1-5,12-15H,6-10H2. The predicted octanol–water partition coefficient (Wildman–Crippen LogP) is 0.552. The van der Waals surface area contributed by atoms with E-state index in [-0.39, 0.29) is 18.8 Å². The maximum atomic E-state index is 8.91. The van der Waals surface area contributed by atoms with Crippen molar-refractivity contribution in [3.63, 3.8) is 0 Å². The fraction of sp³-hybridized carbons (Fsp3) is 0.538. The molecule has 0 saturated carbocycles. The van der Waals surface area contributed by atoms with E-state index in [2.05, 4.69) is 5.32 Å². The molecular weight excluding hydrogens is 218 g/mol. The second-order valence-electron chi connectivity index (χ2n) is 4.24. The van der Waals surface area contributed by atoms with E-state index in [1.807, 2.05) is 30.3 Å². The number of ether oxygens (including phenoxy) is 2. The minimum atomic E-state index is -0.0691. The van der Waals surface area contributed by atoms with Gasteiger partial charge in [0.25, 0.3) is 0 Å². The third kappa shape index (κ3) is 4.09. The van der Waals surface area contributed by atoms with Crippen LogP contribution in [0.1, 0.15) is 5.56 Å². The number of aliphatic hydroxyl groups is 1. The molecule has 0 radical (unpaired) electrons. The van der Waals surface area contributed by atoms with Crippen LogP contribution in [0.4, 0.5) is 0 Å². The molecule has 1 saturated heterocycles. The number of nitrogens with one attached hydrogen (secondary N) is 1. The first-order valence-electron chi connectivity index (χ1n) is 5.96. The largest absolute Gasteiger partial charge is 0.394 e. The van der Waals surface area contributed by atoms with Crippen molar-refractivity contribution in [3.8, 4) is 0 Å². The Labute approximate surface area is 102 Å². The van der Waals surface area contributed by atoms with E-state index in [1.165, 1.54) is 5.56 Å². The molecule has 94 valence electrons. The molecule has 4 heteroatoms. The molecule has 1 fully saturated rings. The van der Waals surface area contributed by atoms with Crippen LogP contribution >= 0.6 is 0 Å². The summed E-state index contributed by atoms with van der Waals surface area (Å²) in [5.41, 5.74) is 1.18. The summed E-state index contributed by atoms with van der Waals surface area (Å²) in [5.74, 6) is 0. The van der Waals surface area contributed by atoms with Crippen LogP contribution in [0, 0.1) is 0 Å². The Hall–Kier alpha value is -0.940. The van der Waals surface area contributed by atoms with Crippen molar-refractivity contribution in [2.45, 2.75) is 18.8 Å². The summed E-state index contributed by atoms with van der Waals surface area (Å²) < 4.78 is 11.1. The SMILES string of the molecule is OCC1CNC(COCc2ccccc2)CO1. The van der Waals surface area contributed by atoms with Crippen LogP contribution in [0.3, 0.4) is 0 Å². The second kappa shape index (κ2) is 6.71. The highest BCUT2D eigenvalue weighted by atomic mass is 16.5. The van der Waals surface area contributed by atoms with Gasteiger partial charge in [-0.25, -0.2) is 0 Å². The summed E-state index contributed by atoms with van der Waals surface area (Å²) in [6, 6.07) is 10.3. The summed E-state index contributed by atoms with van der Waals surface area (Å²) in [6.45, 7) is 2.62. The Kier molecular flexibility index (Phi) is 4.94. The molecule has 1 aliphatic rings. The van der Waals surface area contributed by atoms with Crippen LogP contribution in [-0.4, -0.2) is 43.6 Å². The van der Waals surface area contributed by atoms with Gasteiger partial charge in [-0.3, -0.25) is 0 Å². The van der Waals surface area contributed by atoms with Gasteiger partial charge in [0.2, 0.25) is 0 Å². The van der Waals surface area contributed by atoms with Gasteiger partial charge >= 0.3 is 0 Å². The molecule has 0 aliphatic carbocycles. The lowest BCUT2D eigenvalue weighted by atomic mass is 10.2. The van der Waals surface area contributed by atoms with E-state index in [0.29, 0.717) is 26.4 Å². The Morgan fingerprint density at radius 1 is 1.35 bits per heavy atom. The van der Waals surface area contributed by atoms with Gasteiger partial charge in [0, 0.05) is 6.54 Å². The van der Waals surface area contributed by atoms with E-state index in [0.717, 1.165) is 0 Å². The number of rotatable bonds is 5. The fourth-order valence-electron chi connectivity index (χ4n) is 1.79. The smallest absolute Gasteiger partial charge is 0.0930 e. The number of benzene rings is 1. The zero-order chi connectivity index (χ0) is 11.9. The Bertz CT molecular complexity index is 310. The average Bonchev–Trinajstić information content (AvgIpc) is 2.41. The molecule has 0 aromatic heterocycles. The fourth-order valence-corrected chi connectivity index (χ4v) is 1.79. The van der Waals surface area contributed by atoms with E-state index >= 15 is 0 Å². The minimum Gasteiger partial charge on any atom is -0.394 e. The van der Waals surface area contributed by atoms with E-state index in [1.54, 1.807) is 0 Å². The van der Waals surface area contributed by atoms with Crippen LogP contribution in [0.5, 0.6) is 0 Å². The van der Waals surface area contributed by atoms with Gasteiger partial charge < -0.3 is 19.9 Å². The van der Waals surface area contributed by atoms with Crippen molar-refractivity contribution in [2.24, 2.45) is 0 Å². The highest BCUT2D eigenvalue weighted by molar-refractivity contribution is 5.13. The van der Waals surface area contributed by atoms with Gasteiger partial charge in [-0.2, -0.15) is 0 Å². The first-order chi connectivity index (χ1) is 8.38. The summed E-state index contributed by atoms with van der Waals surface area (Å²) in [7, 11) is 0. The number of morpholine rings is 1. The molecule has 2 N–H and O–H groups in total. The number of hydrogen-bond donors (Lipinski definition) is 2. The number of hydrogen-bond acceptors (Lipinski definition) is 4. The molecule has 2 rings (SSSR count). The molecule has 1 aromatic rings. The molecule has 4 nitrogen and oxygen atoms in total. The van der Waals surface area contributed by atoms with Crippen molar-refractivity contribution in [1.29, 1.82) is 0 Å². The summed E-state index contributed by atoms with van der Waals surface area (Å²) >= 11 is 0. The topological polar surface area (TPSA) is 50.7 Å². The highest BCUT2D eigenvalue weighted by Crippen LogP contribution is 2.04. The van der Waals surface area contributed by atoms with Crippen LogP contribution < -0.4 is 5.32 Å². The van der Waals surface area contributed by atoms with Crippen molar-refractivity contribution in [2.75, 3.05) is 26.4 Å². The van der Waals surface area contributed by atoms with Crippen molar-refractivity contribution >= 4 is 0 Å². The summed E-state index contributed by atoms with van der Waals surface area (Å²) in [4.78, 5) is 0. The number of aliphatic hydroxyl groups excluding tert-OH is 1. The molecular formula is C13H19NO3. The molecule has 1 heterocycles. The lowest BCUT2D eigenvalue weighted by molar-refractivity contribution is -0.0438. The van der Waals surface area contributed by atoms with Gasteiger partial charge in [0.1, 0.15) is 0 Å². The Morgan fingerprint density at radius 2 is 2.18 bits per heavy atom. The normalized spacial score (nSPS) is 24.8. The van der Waals surface area contributed by atoms with Crippen LogP contribution in [0.15, 0.2) is 30.3 Å². The minimum absolute atomic E-state index is 0.0691. The molecule has 1 aliphatic heterocycles. The molecule has 0 spiro atoms. The lowest BCUT2D eigenvalue weighted by Crippen LogP contribution is -2.49. The van der Waals surface area contributed by atoms with Gasteiger partial charge in [-0.05, 0) is 5.56 Å². The van der Waals surface area contributed by atoms with Gasteiger partial charge in [-0.15, -0.1) is 0 Å². The van der Waals surface area contributed by atoms with E-state index in [4.69, 9.17) is 14.6 Å². The zero-order valence-corrected chi connectivity index (χ0v) is 9.84. The predicted molar refractivity (Wildman–Crippen MR) is 64.7 cm³/mol. The maximum Gasteiger partial charge on any atom is 0.0930 e. The zero-order valence-electron chi connectivity index (χ0n) is 9.84. The summed E-state index contributed by atoms with van der Waals surface area (Å²) in [5, 5.41) is 12.2. The molecule has 1 aromatic carbocycles. The van der Waals surface area contributed by atoms with E-state index < -0.39 is 0 Å². The first-order valence-corrected chi connectivity index (χ1v) is 5.96. The maximum absolute atomic E-state index is 8.91.